The van der Waals surface area contributed by atoms with Crippen LogP contribution in [0.2, 0.25) is 5.02 Å². The number of ether oxygens (including phenoxy) is 1. The van der Waals surface area contributed by atoms with Gasteiger partial charge in [0.25, 0.3) is 0 Å². The third-order valence-corrected chi connectivity index (χ3v) is 8.37. The molecule has 0 spiro atoms. The summed E-state index contributed by atoms with van der Waals surface area (Å²) in [4.78, 5) is 2.18. The van der Waals surface area contributed by atoms with E-state index in [2.05, 4.69) is 47.7 Å². The van der Waals surface area contributed by atoms with Crippen LogP contribution in [-0.2, 0) is 12.7 Å². The van der Waals surface area contributed by atoms with Crippen LogP contribution in [0.1, 0.15) is 54.0 Å². The van der Waals surface area contributed by atoms with Gasteiger partial charge in [0, 0.05) is 42.6 Å². The molecule has 0 saturated heterocycles. The van der Waals surface area contributed by atoms with E-state index in [-0.39, 0.29) is 17.5 Å². The summed E-state index contributed by atoms with van der Waals surface area (Å²) in [5.74, 6) is 0.838. The van der Waals surface area contributed by atoms with Crippen LogP contribution in [-0.4, -0.2) is 29.8 Å². The number of hydrogen-bond acceptors (Lipinski definition) is 4. The van der Waals surface area contributed by atoms with E-state index in [1.807, 2.05) is 61.5 Å². The van der Waals surface area contributed by atoms with E-state index in [1.165, 1.54) is 6.07 Å². The number of rotatable bonds is 14. The number of benzene rings is 4. The van der Waals surface area contributed by atoms with Gasteiger partial charge in [-0.1, -0.05) is 104 Å². The van der Waals surface area contributed by atoms with Crippen LogP contribution in [0.15, 0.2) is 97.1 Å². The van der Waals surface area contributed by atoms with Crippen molar-refractivity contribution >= 4 is 29.2 Å². The second kappa shape index (κ2) is 15.6. The van der Waals surface area contributed by atoms with Crippen molar-refractivity contribution in [2.24, 2.45) is 0 Å². The van der Waals surface area contributed by atoms with Gasteiger partial charge >= 0.3 is 6.18 Å². The van der Waals surface area contributed by atoms with E-state index >= 15 is 0 Å². The lowest BCUT2D eigenvalue weighted by atomic mass is 9.90. The molecule has 0 amide bonds. The van der Waals surface area contributed by atoms with E-state index in [9.17, 15) is 13.2 Å². The number of alkyl halides is 3. The molecule has 43 heavy (non-hydrogen) atoms. The molecule has 0 aromatic heterocycles. The van der Waals surface area contributed by atoms with Crippen LogP contribution < -0.4 is 9.46 Å². The number of nitrogens with one attached hydrogen (secondary N) is 1. The summed E-state index contributed by atoms with van der Waals surface area (Å²) < 4.78 is 50.5. The minimum atomic E-state index is -4.52. The van der Waals surface area contributed by atoms with Gasteiger partial charge in [-0.05, 0) is 59.7 Å². The molecule has 0 radical (unpaired) electrons. The van der Waals surface area contributed by atoms with Gasteiger partial charge in [-0.15, -0.1) is 0 Å². The first-order valence-electron chi connectivity index (χ1n) is 14.4. The van der Waals surface area contributed by atoms with Gasteiger partial charge in [-0.2, -0.15) is 13.2 Å². The summed E-state index contributed by atoms with van der Waals surface area (Å²) in [6, 6.07) is 30.6. The van der Waals surface area contributed by atoms with E-state index in [0.29, 0.717) is 36.9 Å². The average molecular weight is 627 g/mol. The van der Waals surface area contributed by atoms with E-state index in [0.717, 1.165) is 34.2 Å². The molecule has 3 nitrogen and oxygen atoms in total. The van der Waals surface area contributed by atoms with Crippen LogP contribution in [0.4, 0.5) is 18.9 Å². The molecule has 8 heteroatoms. The fourth-order valence-electron chi connectivity index (χ4n) is 4.90. The highest BCUT2D eigenvalue weighted by Gasteiger charge is 2.34. The normalized spacial score (nSPS) is 11.9. The maximum absolute atomic E-state index is 13.7. The van der Waals surface area contributed by atoms with Crippen molar-refractivity contribution in [1.29, 1.82) is 0 Å². The standard InChI is InChI=1S/C35H38ClF3N2OS/c1-25(2)43-40-30-19-18-26(3)33(22-30)42-21-11-20-41(23-29-16-10-17-32(34(29)36)35(37,38)39)24-31(27-12-6-4-7-13-27)28-14-8-5-9-15-28/h4-10,12-19,22,25,31,40H,11,20-21,23-24H2,1-3H3. The first-order chi connectivity index (χ1) is 20.6. The quantitative estimate of drug-likeness (QED) is 0.111. The van der Waals surface area contributed by atoms with Crippen LogP contribution in [0.5, 0.6) is 5.75 Å². The zero-order chi connectivity index (χ0) is 30.8. The van der Waals surface area contributed by atoms with Crippen molar-refractivity contribution < 1.29 is 17.9 Å². The molecule has 0 fully saturated rings. The Balaban J connectivity index is 1.54. The van der Waals surface area contributed by atoms with Gasteiger partial charge in [0.2, 0.25) is 0 Å². The summed E-state index contributed by atoms with van der Waals surface area (Å²) in [5, 5.41) is 0.198. The summed E-state index contributed by atoms with van der Waals surface area (Å²) >= 11 is 7.99. The Bertz CT molecular complexity index is 1390. The highest BCUT2D eigenvalue weighted by Crippen LogP contribution is 2.37. The lowest BCUT2D eigenvalue weighted by molar-refractivity contribution is -0.137. The third kappa shape index (κ3) is 9.68. The molecule has 0 atom stereocenters. The predicted octanol–water partition coefficient (Wildman–Crippen LogP) is 10.2. The molecule has 228 valence electrons. The molecule has 0 heterocycles. The largest absolute Gasteiger partial charge is 0.493 e. The summed E-state index contributed by atoms with van der Waals surface area (Å²) in [7, 11) is 0. The van der Waals surface area contributed by atoms with Gasteiger partial charge in [0.1, 0.15) is 5.75 Å². The summed E-state index contributed by atoms with van der Waals surface area (Å²) in [5.41, 5.74) is 3.95. The molecule has 4 aromatic carbocycles. The molecule has 0 aliphatic heterocycles. The van der Waals surface area contributed by atoms with Crippen molar-refractivity contribution in [3.63, 3.8) is 0 Å². The lowest BCUT2D eigenvalue weighted by Crippen LogP contribution is -2.31. The lowest BCUT2D eigenvalue weighted by Gasteiger charge is -2.29. The Labute approximate surface area is 262 Å². The molecule has 0 aliphatic carbocycles. The highest BCUT2D eigenvalue weighted by atomic mass is 35.5. The molecule has 4 rings (SSSR count). The molecule has 0 bridgehead atoms. The fourth-order valence-corrected chi connectivity index (χ4v) is 5.70. The number of anilines is 1. The van der Waals surface area contributed by atoms with Gasteiger partial charge in [0.15, 0.2) is 0 Å². The first kappa shape index (κ1) is 32.8. The number of halogens is 4. The van der Waals surface area contributed by atoms with Crippen LogP contribution in [0.3, 0.4) is 0 Å². The Morgan fingerprint density at radius 3 is 2.14 bits per heavy atom. The maximum Gasteiger partial charge on any atom is 0.417 e. The minimum Gasteiger partial charge on any atom is -0.493 e. The van der Waals surface area contributed by atoms with Crippen LogP contribution in [0, 0.1) is 6.92 Å². The van der Waals surface area contributed by atoms with Gasteiger partial charge in [-0.25, -0.2) is 0 Å². The van der Waals surface area contributed by atoms with Crippen molar-refractivity contribution in [2.45, 2.75) is 51.1 Å². The van der Waals surface area contributed by atoms with E-state index in [1.54, 1.807) is 18.0 Å². The van der Waals surface area contributed by atoms with E-state index in [4.69, 9.17) is 16.3 Å². The van der Waals surface area contributed by atoms with Gasteiger partial charge < -0.3 is 9.46 Å². The van der Waals surface area contributed by atoms with Crippen LogP contribution in [0.25, 0.3) is 0 Å². The predicted molar refractivity (Wildman–Crippen MR) is 174 cm³/mol. The molecule has 0 unspecified atom stereocenters. The average Bonchev–Trinajstić information content (AvgIpc) is 2.99. The molecular formula is C35H38ClF3N2OS. The van der Waals surface area contributed by atoms with Crippen molar-refractivity contribution in [3.8, 4) is 5.75 Å². The topological polar surface area (TPSA) is 24.5 Å². The van der Waals surface area contributed by atoms with Crippen LogP contribution >= 0.6 is 23.5 Å². The first-order valence-corrected chi connectivity index (χ1v) is 15.7. The Kier molecular flexibility index (Phi) is 11.9. The SMILES string of the molecule is Cc1ccc(NSC(C)C)cc1OCCCN(Cc1cccc(C(F)(F)F)c1Cl)CC(c1ccccc1)c1ccccc1. The second-order valence-electron chi connectivity index (χ2n) is 10.8. The zero-order valence-electron chi connectivity index (χ0n) is 24.7. The highest BCUT2D eigenvalue weighted by molar-refractivity contribution is 8.01. The van der Waals surface area contributed by atoms with Crippen molar-refractivity contribution in [2.75, 3.05) is 24.4 Å². The number of nitrogens with zero attached hydrogens (tertiary/aromatic N) is 1. The molecule has 0 saturated carbocycles. The molecule has 1 N–H and O–H groups in total. The second-order valence-corrected chi connectivity index (χ2v) is 12.6. The number of aryl methyl sites for hydroxylation is 1. The van der Waals surface area contributed by atoms with Crippen molar-refractivity contribution in [3.05, 3.63) is 130 Å². The van der Waals surface area contributed by atoms with E-state index < -0.39 is 11.7 Å². The summed E-state index contributed by atoms with van der Waals surface area (Å²) in [6.07, 6.45) is -3.83. The number of hydrogen-bond donors (Lipinski definition) is 1. The smallest absolute Gasteiger partial charge is 0.417 e. The third-order valence-electron chi connectivity index (χ3n) is 7.10. The molecule has 0 aliphatic rings. The fraction of sp³-hybridized carbons (Fsp3) is 0.314. The monoisotopic (exact) mass is 626 g/mol. The Hall–Kier alpha value is -3.13. The summed E-state index contributed by atoms with van der Waals surface area (Å²) in [6.45, 7) is 8.23. The maximum atomic E-state index is 13.7. The zero-order valence-corrected chi connectivity index (χ0v) is 26.3. The molecular weight excluding hydrogens is 589 g/mol. The minimum absolute atomic E-state index is 0.0244. The van der Waals surface area contributed by atoms with Gasteiger partial charge in [0.05, 0.1) is 17.2 Å². The molecule has 4 aromatic rings. The Morgan fingerprint density at radius 2 is 1.53 bits per heavy atom. The van der Waals surface area contributed by atoms with Gasteiger partial charge in [-0.3, -0.25) is 4.90 Å². The Morgan fingerprint density at radius 1 is 0.884 bits per heavy atom. The van der Waals surface area contributed by atoms with Crippen molar-refractivity contribution in [1.82, 2.24) is 4.90 Å².